The number of hydrogen-bond acceptors (Lipinski definition) is 2. The van der Waals surface area contributed by atoms with E-state index in [2.05, 4.69) is 0 Å². The van der Waals surface area contributed by atoms with E-state index in [-0.39, 0.29) is 12.2 Å². The van der Waals surface area contributed by atoms with Crippen molar-refractivity contribution >= 4 is 6.09 Å². The fourth-order valence-corrected chi connectivity index (χ4v) is 0.738. The average molecular weight is 116 g/mol. The van der Waals surface area contributed by atoms with Gasteiger partial charge in [-0.25, -0.2) is 5.32 Å². The summed E-state index contributed by atoms with van der Waals surface area (Å²) in [4.78, 5) is 10.3. The summed E-state index contributed by atoms with van der Waals surface area (Å²) >= 11 is 0. The molecule has 46 valence electrons. The van der Waals surface area contributed by atoms with Gasteiger partial charge in [0, 0.05) is 0 Å². The number of ether oxygens (including phenoxy) is 1. The zero-order valence-corrected chi connectivity index (χ0v) is 4.89. The third-order valence-electron chi connectivity index (χ3n) is 1.29. The van der Waals surface area contributed by atoms with Gasteiger partial charge in [0.2, 0.25) is 0 Å². The highest BCUT2D eigenvalue weighted by molar-refractivity contribution is 5.57. The van der Waals surface area contributed by atoms with E-state index in [0.717, 1.165) is 13.0 Å². The SMILES string of the molecule is CCC1C[NH2+]C(=O)O1. The lowest BCUT2D eigenvalue weighted by Crippen LogP contribution is -2.84. The molecule has 3 nitrogen and oxygen atoms in total. The van der Waals surface area contributed by atoms with Crippen LogP contribution in [0.5, 0.6) is 0 Å². The fourth-order valence-electron chi connectivity index (χ4n) is 0.738. The minimum atomic E-state index is -0.156. The molecule has 1 saturated heterocycles. The molecule has 1 fully saturated rings. The van der Waals surface area contributed by atoms with Crippen molar-refractivity contribution in [3.8, 4) is 0 Å². The Morgan fingerprint density at radius 1 is 2.00 bits per heavy atom. The van der Waals surface area contributed by atoms with Crippen molar-refractivity contribution in [3.63, 3.8) is 0 Å². The topological polar surface area (TPSA) is 42.9 Å². The van der Waals surface area contributed by atoms with Crippen LogP contribution < -0.4 is 5.32 Å². The van der Waals surface area contributed by atoms with Crippen LogP contribution in [0.1, 0.15) is 13.3 Å². The molecule has 2 N–H and O–H groups in total. The van der Waals surface area contributed by atoms with Gasteiger partial charge in [-0.1, -0.05) is 6.92 Å². The molecule has 0 aliphatic carbocycles. The molecule has 0 aromatic heterocycles. The number of amides is 1. The summed E-state index contributed by atoms with van der Waals surface area (Å²) in [5.74, 6) is 0. The molecule has 0 spiro atoms. The van der Waals surface area contributed by atoms with Crippen molar-refractivity contribution in [1.82, 2.24) is 0 Å². The van der Waals surface area contributed by atoms with Crippen LogP contribution in [-0.4, -0.2) is 18.7 Å². The molecule has 0 aromatic carbocycles. The minimum Gasteiger partial charge on any atom is -0.411 e. The van der Waals surface area contributed by atoms with Crippen molar-refractivity contribution < 1.29 is 14.8 Å². The van der Waals surface area contributed by atoms with Gasteiger partial charge in [0.15, 0.2) is 6.10 Å². The number of carbonyl (C=O) groups is 1. The maximum Gasteiger partial charge on any atom is 0.513 e. The first-order valence-corrected chi connectivity index (χ1v) is 2.86. The molecule has 1 heterocycles. The van der Waals surface area contributed by atoms with E-state index < -0.39 is 0 Å². The van der Waals surface area contributed by atoms with Crippen LogP contribution in [0.15, 0.2) is 0 Å². The highest BCUT2D eigenvalue weighted by Gasteiger charge is 2.25. The van der Waals surface area contributed by atoms with Crippen molar-refractivity contribution in [2.45, 2.75) is 19.4 Å². The van der Waals surface area contributed by atoms with Gasteiger partial charge >= 0.3 is 6.09 Å². The lowest BCUT2D eigenvalue weighted by atomic mass is 10.3. The summed E-state index contributed by atoms with van der Waals surface area (Å²) in [5, 5.41) is 1.59. The molecule has 1 unspecified atom stereocenters. The molecule has 1 aliphatic rings. The van der Waals surface area contributed by atoms with Crippen LogP contribution >= 0.6 is 0 Å². The van der Waals surface area contributed by atoms with Crippen LogP contribution in [0.3, 0.4) is 0 Å². The first kappa shape index (κ1) is 5.56. The zero-order chi connectivity index (χ0) is 5.98. The first-order valence-electron chi connectivity index (χ1n) is 2.86. The number of rotatable bonds is 1. The Bertz CT molecular complexity index is 103. The lowest BCUT2D eigenvalue weighted by Gasteiger charge is -1.96. The molecule has 8 heavy (non-hydrogen) atoms. The smallest absolute Gasteiger partial charge is 0.411 e. The number of carbonyl (C=O) groups excluding carboxylic acids is 1. The van der Waals surface area contributed by atoms with Crippen molar-refractivity contribution in [2.75, 3.05) is 6.54 Å². The van der Waals surface area contributed by atoms with Gasteiger partial charge < -0.3 is 4.74 Å². The molecule has 3 heteroatoms. The third kappa shape index (κ3) is 0.980. The molecular weight excluding hydrogens is 106 g/mol. The second-order valence-electron chi connectivity index (χ2n) is 1.91. The number of primary amides is 1. The molecule has 1 rings (SSSR count). The zero-order valence-electron chi connectivity index (χ0n) is 4.89. The second kappa shape index (κ2) is 2.13. The van der Waals surface area contributed by atoms with Crippen LogP contribution in [0.25, 0.3) is 0 Å². The van der Waals surface area contributed by atoms with E-state index in [1.165, 1.54) is 0 Å². The van der Waals surface area contributed by atoms with Gasteiger partial charge in [-0.2, -0.15) is 4.79 Å². The van der Waals surface area contributed by atoms with Gasteiger partial charge in [0.25, 0.3) is 0 Å². The summed E-state index contributed by atoms with van der Waals surface area (Å²) in [6.45, 7) is 2.81. The van der Waals surface area contributed by atoms with Crippen molar-refractivity contribution in [2.24, 2.45) is 0 Å². The van der Waals surface area contributed by atoms with Crippen LogP contribution in [0, 0.1) is 0 Å². The van der Waals surface area contributed by atoms with E-state index >= 15 is 0 Å². The summed E-state index contributed by atoms with van der Waals surface area (Å²) in [6.07, 6.45) is 0.946. The Balaban J connectivity index is 2.32. The molecular formula is C5H10NO2+. The van der Waals surface area contributed by atoms with Gasteiger partial charge in [-0.3, -0.25) is 0 Å². The number of hydrogen-bond donors (Lipinski definition) is 1. The van der Waals surface area contributed by atoms with E-state index in [9.17, 15) is 4.79 Å². The summed E-state index contributed by atoms with van der Waals surface area (Å²) in [7, 11) is 0. The normalized spacial score (nSPS) is 28.1. The molecule has 1 aliphatic heterocycles. The highest BCUT2D eigenvalue weighted by atomic mass is 16.6. The van der Waals surface area contributed by atoms with Crippen molar-refractivity contribution in [3.05, 3.63) is 0 Å². The van der Waals surface area contributed by atoms with Crippen LogP contribution in [0.2, 0.25) is 0 Å². The Labute approximate surface area is 48.0 Å². The molecule has 0 saturated carbocycles. The van der Waals surface area contributed by atoms with E-state index in [4.69, 9.17) is 4.74 Å². The Kier molecular flexibility index (Phi) is 1.48. The van der Waals surface area contributed by atoms with Gasteiger partial charge in [-0.15, -0.1) is 0 Å². The highest BCUT2D eigenvalue weighted by Crippen LogP contribution is 1.96. The molecule has 1 atom stereocenters. The number of nitrogens with two attached hydrogens (primary N) is 1. The summed E-state index contributed by atoms with van der Waals surface area (Å²) in [6, 6.07) is 0. The average Bonchev–Trinajstić information content (AvgIpc) is 2.14. The van der Waals surface area contributed by atoms with E-state index in [1.54, 1.807) is 5.32 Å². The Morgan fingerprint density at radius 2 is 2.75 bits per heavy atom. The summed E-state index contributed by atoms with van der Waals surface area (Å²) in [5.41, 5.74) is 0. The van der Waals surface area contributed by atoms with Gasteiger partial charge in [0.05, 0.1) is 0 Å². The number of cyclic esters (lactones) is 1. The Hall–Kier alpha value is -0.570. The first-order chi connectivity index (χ1) is 3.83. The Morgan fingerprint density at radius 3 is 3.00 bits per heavy atom. The van der Waals surface area contributed by atoms with Gasteiger partial charge in [0.1, 0.15) is 6.54 Å². The predicted molar refractivity (Wildman–Crippen MR) is 27.4 cm³/mol. The molecule has 0 bridgehead atoms. The standard InChI is InChI=1S/C5H9NO2/c1-2-4-3-6-5(7)8-4/h4H,2-3H2,1H3,(H,6,7)/p+1. The summed E-state index contributed by atoms with van der Waals surface area (Å²) < 4.78 is 4.82. The van der Waals surface area contributed by atoms with E-state index in [0.29, 0.717) is 0 Å². The predicted octanol–water partition coefficient (Wildman–Crippen LogP) is -0.521. The number of quaternary nitrogens is 1. The third-order valence-corrected chi connectivity index (χ3v) is 1.29. The maximum absolute atomic E-state index is 10.3. The largest absolute Gasteiger partial charge is 0.513 e. The minimum absolute atomic E-state index is 0.156. The molecule has 0 aromatic rings. The van der Waals surface area contributed by atoms with Crippen LogP contribution in [-0.2, 0) is 4.74 Å². The van der Waals surface area contributed by atoms with E-state index in [1.807, 2.05) is 6.92 Å². The monoisotopic (exact) mass is 116 g/mol. The fraction of sp³-hybridized carbons (Fsp3) is 0.800. The van der Waals surface area contributed by atoms with Crippen LogP contribution in [0.4, 0.5) is 4.79 Å². The quantitative estimate of drug-likeness (QED) is 0.501. The van der Waals surface area contributed by atoms with Crippen molar-refractivity contribution in [1.29, 1.82) is 0 Å². The maximum atomic E-state index is 10.3. The van der Waals surface area contributed by atoms with Gasteiger partial charge in [-0.05, 0) is 6.42 Å². The second-order valence-corrected chi connectivity index (χ2v) is 1.91. The lowest BCUT2D eigenvalue weighted by molar-refractivity contribution is -0.544. The molecule has 1 amide bonds. The molecule has 0 radical (unpaired) electrons.